The summed E-state index contributed by atoms with van der Waals surface area (Å²) in [6.45, 7) is 13.9. The largest absolute Gasteiger partial charge is 0.513 e. The summed E-state index contributed by atoms with van der Waals surface area (Å²) >= 11 is 0. The summed E-state index contributed by atoms with van der Waals surface area (Å²) in [5.74, 6) is -0.533. The van der Waals surface area contributed by atoms with Crippen LogP contribution in [0.25, 0.3) is 0 Å². The zero-order valence-electron chi connectivity index (χ0n) is 15.7. The number of carbonyl (C=O) groups excluding carboxylic acids is 2. The second-order valence-electron chi connectivity index (χ2n) is 6.72. The first-order chi connectivity index (χ1) is 11.1. The second-order valence-corrected chi connectivity index (χ2v) is 6.72. The Hall–Kier alpha value is -2.04. The minimum absolute atomic E-state index is 0.101. The van der Waals surface area contributed by atoms with E-state index in [2.05, 4.69) is 20.8 Å². The van der Waals surface area contributed by atoms with Gasteiger partial charge in [0.15, 0.2) is 0 Å². The molecule has 1 aromatic rings. The topological polar surface area (TPSA) is 61.8 Å². The number of aryl methyl sites for hydroxylation is 1. The molecule has 1 unspecified atom stereocenters. The first kappa shape index (κ1) is 20.0. The van der Waals surface area contributed by atoms with E-state index in [0.29, 0.717) is 17.9 Å². The van der Waals surface area contributed by atoms with Crippen LogP contribution in [0.15, 0.2) is 12.1 Å². The third kappa shape index (κ3) is 4.98. The Bertz CT molecular complexity index is 599. The van der Waals surface area contributed by atoms with Crippen LogP contribution >= 0.6 is 0 Å². The third-order valence-corrected chi connectivity index (χ3v) is 3.72. The fourth-order valence-electron chi connectivity index (χ4n) is 2.32. The molecule has 0 saturated carbocycles. The van der Waals surface area contributed by atoms with Gasteiger partial charge in [0.05, 0.1) is 19.1 Å². The van der Waals surface area contributed by atoms with Crippen LogP contribution in [0.3, 0.4) is 0 Å². The van der Waals surface area contributed by atoms with Crippen molar-refractivity contribution in [2.75, 3.05) is 13.2 Å². The van der Waals surface area contributed by atoms with E-state index in [1.807, 2.05) is 19.1 Å². The van der Waals surface area contributed by atoms with Gasteiger partial charge in [0.2, 0.25) is 0 Å². The summed E-state index contributed by atoms with van der Waals surface area (Å²) in [6.07, 6.45) is -0.776. The van der Waals surface area contributed by atoms with Crippen molar-refractivity contribution in [2.45, 2.75) is 59.8 Å². The molecular weight excluding hydrogens is 308 g/mol. The fourth-order valence-corrected chi connectivity index (χ4v) is 2.32. The van der Waals surface area contributed by atoms with Gasteiger partial charge >= 0.3 is 12.1 Å². The van der Waals surface area contributed by atoms with Crippen molar-refractivity contribution in [3.63, 3.8) is 0 Å². The summed E-state index contributed by atoms with van der Waals surface area (Å²) in [7, 11) is 0. The van der Waals surface area contributed by atoms with Gasteiger partial charge in [-0.05, 0) is 44.2 Å². The van der Waals surface area contributed by atoms with Gasteiger partial charge in [-0.3, -0.25) is 4.79 Å². The highest BCUT2D eigenvalue weighted by molar-refractivity contribution is 5.80. The molecule has 0 amide bonds. The SMILES string of the molecule is CCOC(=O)Oc1c(C)cc(C(C)(C)C)cc1C(C)C(=O)OCC. The number of ether oxygens (including phenoxy) is 3. The molecule has 0 aliphatic heterocycles. The summed E-state index contributed by atoms with van der Waals surface area (Å²) in [4.78, 5) is 23.9. The lowest BCUT2D eigenvalue weighted by Gasteiger charge is -2.24. The zero-order valence-corrected chi connectivity index (χ0v) is 15.7. The van der Waals surface area contributed by atoms with Crippen LogP contribution in [-0.4, -0.2) is 25.3 Å². The highest BCUT2D eigenvalue weighted by Gasteiger charge is 2.26. The van der Waals surface area contributed by atoms with Gasteiger partial charge in [0.1, 0.15) is 5.75 Å². The summed E-state index contributed by atoms with van der Waals surface area (Å²) in [5.41, 5.74) is 2.37. The van der Waals surface area contributed by atoms with Crippen molar-refractivity contribution < 1.29 is 23.8 Å². The first-order valence-corrected chi connectivity index (χ1v) is 8.28. The number of rotatable bonds is 5. The number of esters is 1. The number of hydrogen-bond donors (Lipinski definition) is 0. The van der Waals surface area contributed by atoms with Crippen LogP contribution in [0.4, 0.5) is 4.79 Å². The Labute approximate surface area is 144 Å². The molecule has 0 N–H and O–H groups in total. The number of hydrogen-bond acceptors (Lipinski definition) is 5. The molecule has 1 atom stereocenters. The quantitative estimate of drug-likeness (QED) is 0.585. The predicted octanol–water partition coefficient (Wildman–Crippen LogP) is 4.49. The van der Waals surface area contributed by atoms with E-state index in [9.17, 15) is 9.59 Å². The minimum atomic E-state index is -0.776. The van der Waals surface area contributed by atoms with Gasteiger partial charge in [-0.2, -0.15) is 0 Å². The summed E-state index contributed by atoms with van der Waals surface area (Å²) < 4.78 is 15.3. The monoisotopic (exact) mass is 336 g/mol. The molecular formula is C19H28O5. The Morgan fingerprint density at radius 2 is 1.67 bits per heavy atom. The van der Waals surface area contributed by atoms with Crippen LogP contribution < -0.4 is 4.74 Å². The lowest BCUT2D eigenvalue weighted by Crippen LogP contribution is -2.19. The van der Waals surface area contributed by atoms with Gasteiger partial charge < -0.3 is 14.2 Å². The molecule has 0 fully saturated rings. The van der Waals surface area contributed by atoms with Gasteiger partial charge in [-0.25, -0.2) is 4.79 Å². The van der Waals surface area contributed by atoms with E-state index < -0.39 is 12.1 Å². The zero-order chi connectivity index (χ0) is 18.5. The van der Waals surface area contributed by atoms with Gasteiger partial charge in [-0.1, -0.05) is 32.9 Å². The maximum absolute atomic E-state index is 12.2. The Morgan fingerprint density at radius 3 is 2.17 bits per heavy atom. The smallest absolute Gasteiger partial charge is 0.466 e. The van der Waals surface area contributed by atoms with E-state index in [1.54, 1.807) is 20.8 Å². The maximum Gasteiger partial charge on any atom is 0.513 e. The number of carbonyl (C=O) groups is 2. The fraction of sp³-hybridized carbons (Fsp3) is 0.579. The van der Waals surface area contributed by atoms with Crippen LogP contribution in [0.2, 0.25) is 0 Å². The molecule has 1 rings (SSSR count). The maximum atomic E-state index is 12.2. The highest BCUT2D eigenvalue weighted by Crippen LogP contribution is 2.36. The molecule has 0 bridgehead atoms. The summed E-state index contributed by atoms with van der Waals surface area (Å²) in [6, 6.07) is 3.87. The van der Waals surface area contributed by atoms with Crippen LogP contribution in [0.1, 0.15) is 64.2 Å². The molecule has 24 heavy (non-hydrogen) atoms. The molecule has 0 heterocycles. The van der Waals surface area contributed by atoms with Crippen molar-refractivity contribution in [1.82, 2.24) is 0 Å². The lowest BCUT2D eigenvalue weighted by molar-refractivity contribution is -0.144. The van der Waals surface area contributed by atoms with E-state index in [0.717, 1.165) is 11.1 Å². The average molecular weight is 336 g/mol. The van der Waals surface area contributed by atoms with E-state index >= 15 is 0 Å². The molecule has 1 aromatic carbocycles. The molecule has 0 radical (unpaired) electrons. The Morgan fingerprint density at radius 1 is 1.08 bits per heavy atom. The lowest BCUT2D eigenvalue weighted by atomic mass is 9.83. The molecule has 5 heteroatoms. The molecule has 0 aromatic heterocycles. The van der Waals surface area contributed by atoms with Crippen molar-refractivity contribution >= 4 is 12.1 Å². The molecule has 0 aliphatic rings. The molecule has 5 nitrogen and oxygen atoms in total. The molecule has 0 aliphatic carbocycles. The van der Waals surface area contributed by atoms with Crippen LogP contribution in [0, 0.1) is 6.92 Å². The minimum Gasteiger partial charge on any atom is -0.466 e. The first-order valence-electron chi connectivity index (χ1n) is 8.28. The Kier molecular flexibility index (Phi) is 6.81. The molecule has 134 valence electrons. The van der Waals surface area contributed by atoms with Crippen LogP contribution in [-0.2, 0) is 19.7 Å². The van der Waals surface area contributed by atoms with Crippen molar-refractivity contribution in [2.24, 2.45) is 0 Å². The van der Waals surface area contributed by atoms with Gasteiger partial charge in [0.25, 0.3) is 0 Å². The average Bonchev–Trinajstić information content (AvgIpc) is 2.47. The van der Waals surface area contributed by atoms with Crippen LogP contribution in [0.5, 0.6) is 5.75 Å². The predicted molar refractivity (Wildman–Crippen MR) is 92.6 cm³/mol. The second kappa shape index (κ2) is 8.18. The van der Waals surface area contributed by atoms with Crippen molar-refractivity contribution in [3.8, 4) is 5.75 Å². The highest BCUT2D eigenvalue weighted by atomic mass is 16.7. The van der Waals surface area contributed by atoms with Crippen molar-refractivity contribution in [1.29, 1.82) is 0 Å². The number of benzene rings is 1. The van der Waals surface area contributed by atoms with Gasteiger partial charge in [-0.15, -0.1) is 0 Å². The Balaban J connectivity index is 3.39. The van der Waals surface area contributed by atoms with Crippen molar-refractivity contribution in [3.05, 3.63) is 28.8 Å². The van der Waals surface area contributed by atoms with Gasteiger partial charge in [0, 0.05) is 5.56 Å². The summed E-state index contributed by atoms with van der Waals surface area (Å²) in [5, 5.41) is 0. The normalized spacial score (nSPS) is 12.5. The van der Waals surface area contributed by atoms with E-state index in [4.69, 9.17) is 14.2 Å². The molecule has 0 saturated heterocycles. The third-order valence-electron chi connectivity index (χ3n) is 3.72. The molecule has 0 spiro atoms. The van der Waals surface area contributed by atoms with E-state index in [-0.39, 0.29) is 18.0 Å². The van der Waals surface area contributed by atoms with E-state index in [1.165, 1.54) is 0 Å². The standard InChI is InChI=1S/C19H28O5/c1-8-22-17(20)13(4)15-11-14(19(5,6)7)10-12(3)16(15)24-18(21)23-9-2/h10-11,13H,8-9H2,1-7H3.